The Balaban J connectivity index is 1.64. The quantitative estimate of drug-likeness (QED) is 0.241. The van der Waals surface area contributed by atoms with Gasteiger partial charge in [-0.05, 0) is 64.8 Å². The van der Waals surface area contributed by atoms with Crippen molar-refractivity contribution in [1.82, 2.24) is 5.43 Å². The maximum atomic E-state index is 14.0. The summed E-state index contributed by atoms with van der Waals surface area (Å²) in [6.45, 7) is 1.80. The van der Waals surface area contributed by atoms with Gasteiger partial charge in [0.1, 0.15) is 12.4 Å². The van der Waals surface area contributed by atoms with Crippen LogP contribution >= 0.6 is 27.5 Å². The third-order valence-corrected chi connectivity index (χ3v) is 5.51. The van der Waals surface area contributed by atoms with Crippen LogP contribution in [-0.2, 0) is 16.2 Å². The molecule has 0 saturated carbocycles. The summed E-state index contributed by atoms with van der Waals surface area (Å²) in [6, 6.07) is 14.7. The minimum atomic E-state index is -0.926. The third-order valence-electron chi connectivity index (χ3n) is 4.57. The normalized spacial score (nSPS) is 10.7. The summed E-state index contributed by atoms with van der Waals surface area (Å²) in [4.78, 5) is 24.0. The molecule has 0 aliphatic carbocycles. The van der Waals surface area contributed by atoms with E-state index in [1.54, 1.807) is 30.3 Å². The molecule has 0 bridgehead atoms. The molecule has 0 radical (unpaired) electrons. The number of benzene rings is 3. The number of aryl methyl sites for hydroxylation is 1. The minimum absolute atomic E-state index is 0.111. The SMILES string of the molecule is COc1cc(/C=N\NC(=O)C(=O)Nc2ccc(C)cc2)cc(Br)c1OCc1c(F)cccc1Cl. The summed E-state index contributed by atoms with van der Waals surface area (Å²) in [5, 5.41) is 6.55. The van der Waals surface area contributed by atoms with Crippen LogP contribution in [0.15, 0.2) is 64.2 Å². The third kappa shape index (κ3) is 6.55. The molecule has 0 aromatic heterocycles. The molecule has 0 spiro atoms. The highest BCUT2D eigenvalue weighted by molar-refractivity contribution is 9.10. The Kier molecular flexibility index (Phi) is 8.61. The number of methoxy groups -OCH3 is 1. The monoisotopic (exact) mass is 547 g/mol. The van der Waals surface area contributed by atoms with Crippen molar-refractivity contribution < 1.29 is 23.5 Å². The zero-order valence-corrected chi connectivity index (χ0v) is 20.5. The Morgan fingerprint density at radius 2 is 1.88 bits per heavy atom. The molecular formula is C24H20BrClFN3O4. The molecule has 0 atom stereocenters. The van der Waals surface area contributed by atoms with Gasteiger partial charge in [0.25, 0.3) is 0 Å². The lowest BCUT2D eigenvalue weighted by Crippen LogP contribution is -2.32. The van der Waals surface area contributed by atoms with E-state index in [-0.39, 0.29) is 17.2 Å². The summed E-state index contributed by atoms with van der Waals surface area (Å²) in [6.07, 6.45) is 1.34. The van der Waals surface area contributed by atoms with Crippen molar-refractivity contribution in [3.05, 3.63) is 86.6 Å². The van der Waals surface area contributed by atoms with Crippen LogP contribution in [0.5, 0.6) is 11.5 Å². The van der Waals surface area contributed by atoms with Crippen LogP contribution in [0.2, 0.25) is 5.02 Å². The lowest BCUT2D eigenvalue weighted by Gasteiger charge is -2.14. The van der Waals surface area contributed by atoms with E-state index in [0.717, 1.165) is 5.56 Å². The van der Waals surface area contributed by atoms with E-state index < -0.39 is 17.6 Å². The van der Waals surface area contributed by atoms with Crippen molar-refractivity contribution in [2.45, 2.75) is 13.5 Å². The first kappa shape index (κ1) is 25.2. The average Bonchev–Trinajstić information content (AvgIpc) is 2.80. The van der Waals surface area contributed by atoms with Gasteiger partial charge in [0.15, 0.2) is 11.5 Å². The zero-order valence-electron chi connectivity index (χ0n) is 18.2. The van der Waals surface area contributed by atoms with Gasteiger partial charge >= 0.3 is 11.8 Å². The molecule has 2 N–H and O–H groups in total. The number of carbonyl (C=O) groups is 2. The van der Waals surface area contributed by atoms with E-state index in [1.807, 2.05) is 19.1 Å². The number of hydrogen-bond acceptors (Lipinski definition) is 5. The lowest BCUT2D eigenvalue weighted by molar-refractivity contribution is -0.136. The number of amides is 2. The first-order valence-corrected chi connectivity index (χ1v) is 11.1. The van der Waals surface area contributed by atoms with Crippen molar-refractivity contribution in [2.75, 3.05) is 12.4 Å². The topological polar surface area (TPSA) is 89.0 Å². The second-order valence-corrected chi connectivity index (χ2v) is 8.30. The van der Waals surface area contributed by atoms with E-state index >= 15 is 0 Å². The summed E-state index contributed by atoms with van der Waals surface area (Å²) in [7, 11) is 1.45. The van der Waals surface area contributed by atoms with Crippen molar-refractivity contribution in [1.29, 1.82) is 0 Å². The second-order valence-electron chi connectivity index (χ2n) is 7.04. The maximum absolute atomic E-state index is 14.0. The number of hydrogen-bond donors (Lipinski definition) is 2. The van der Waals surface area contributed by atoms with Gasteiger partial charge < -0.3 is 14.8 Å². The molecule has 176 valence electrons. The smallest absolute Gasteiger partial charge is 0.329 e. The fourth-order valence-electron chi connectivity index (χ4n) is 2.81. The van der Waals surface area contributed by atoms with Crippen LogP contribution in [0.4, 0.5) is 10.1 Å². The summed E-state index contributed by atoms with van der Waals surface area (Å²) in [5.74, 6) is -1.58. The molecule has 7 nitrogen and oxygen atoms in total. The number of nitrogens with zero attached hydrogens (tertiary/aromatic N) is 1. The molecular weight excluding hydrogens is 529 g/mol. The minimum Gasteiger partial charge on any atom is -0.493 e. The molecule has 34 heavy (non-hydrogen) atoms. The van der Waals surface area contributed by atoms with Crippen molar-refractivity contribution in [3.8, 4) is 11.5 Å². The summed E-state index contributed by atoms with van der Waals surface area (Å²) < 4.78 is 25.6. The Morgan fingerprint density at radius 1 is 1.15 bits per heavy atom. The molecule has 0 fully saturated rings. The van der Waals surface area contributed by atoms with E-state index in [4.69, 9.17) is 21.1 Å². The number of ether oxygens (including phenoxy) is 2. The molecule has 10 heteroatoms. The molecule has 0 aliphatic rings. The van der Waals surface area contributed by atoms with Crippen molar-refractivity contribution >= 4 is 51.2 Å². The van der Waals surface area contributed by atoms with Crippen LogP contribution in [0.25, 0.3) is 0 Å². The van der Waals surface area contributed by atoms with E-state index in [1.165, 1.54) is 25.5 Å². The Morgan fingerprint density at radius 3 is 2.56 bits per heavy atom. The van der Waals surface area contributed by atoms with E-state index in [0.29, 0.717) is 27.2 Å². The van der Waals surface area contributed by atoms with Crippen LogP contribution in [0, 0.1) is 12.7 Å². The highest BCUT2D eigenvalue weighted by Gasteiger charge is 2.15. The average molecular weight is 549 g/mol. The molecule has 3 aromatic rings. The number of nitrogens with one attached hydrogen (secondary N) is 2. The van der Waals surface area contributed by atoms with Gasteiger partial charge in [-0.3, -0.25) is 9.59 Å². The predicted molar refractivity (Wildman–Crippen MR) is 132 cm³/mol. The number of halogens is 3. The van der Waals surface area contributed by atoms with Gasteiger partial charge in [-0.2, -0.15) is 5.10 Å². The highest BCUT2D eigenvalue weighted by Crippen LogP contribution is 2.37. The molecule has 3 rings (SSSR count). The van der Waals surface area contributed by atoms with Gasteiger partial charge in [0, 0.05) is 11.3 Å². The fraction of sp³-hybridized carbons (Fsp3) is 0.125. The number of anilines is 1. The van der Waals surface area contributed by atoms with E-state index in [2.05, 4.69) is 31.8 Å². The largest absolute Gasteiger partial charge is 0.493 e. The van der Waals surface area contributed by atoms with Crippen molar-refractivity contribution in [2.24, 2.45) is 5.10 Å². The zero-order chi connectivity index (χ0) is 24.7. The molecule has 0 saturated heterocycles. The van der Waals surface area contributed by atoms with Crippen LogP contribution in [0.1, 0.15) is 16.7 Å². The summed E-state index contributed by atoms with van der Waals surface area (Å²) >= 11 is 9.44. The first-order chi connectivity index (χ1) is 16.3. The van der Waals surface area contributed by atoms with Crippen LogP contribution in [0.3, 0.4) is 0 Å². The van der Waals surface area contributed by atoms with Crippen molar-refractivity contribution in [3.63, 3.8) is 0 Å². The first-order valence-electron chi connectivity index (χ1n) is 9.92. The van der Waals surface area contributed by atoms with Gasteiger partial charge in [-0.15, -0.1) is 0 Å². The lowest BCUT2D eigenvalue weighted by atomic mass is 10.2. The Labute approximate surface area is 209 Å². The van der Waals surface area contributed by atoms with Crippen LogP contribution in [-0.4, -0.2) is 25.1 Å². The predicted octanol–water partition coefficient (Wildman–Crippen LogP) is 5.23. The van der Waals surface area contributed by atoms with Crippen LogP contribution < -0.4 is 20.2 Å². The molecule has 0 unspecified atom stereocenters. The standard InChI is InChI=1S/C24H20BrClFN3O4/c1-14-6-8-16(9-7-14)29-23(31)24(32)30-28-12-15-10-18(25)22(21(11-15)33-2)34-13-17-19(26)4-3-5-20(17)27/h3-12H,13H2,1-2H3,(H,29,31)(H,30,32)/b28-12-. The summed E-state index contributed by atoms with van der Waals surface area (Å²) in [5.41, 5.74) is 4.45. The molecule has 0 heterocycles. The Hall–Kier alpha value is -3.43. The second kappa shape index (κ2) is 11.6. The molecule has 3 aromatic carbocycles. The van der Waals surface area contributed by atoms with Gasteiger partial charge in [-0.25, -0.2) is 9.82 Å². The highest BCUT2D eigenvalue weighted by atomic mass is 79.9. The number of carbonyl (C=O) groups excluding carboxylic acids is 2. The molecule has 0 aliphatic heterocycles. The molecule has 2 amide bonds. The fourth-order valence-corrected chi connectivity index (χ4v) is 3.60. The van der Waals surface area contributed by atoms with Gasteiger partial charge in [-0.1, -0.05) is 35.4 Å². The van der Waals surface area contributed by atoms with E-state index in [9.17, 15) is 14.0 Å². The van der Waals surface area contributed by atoms with Gasteiger partial charge in [0.05, 0.1) is 22.8 Å². The Bertz CT molecular complexity index is 1220. The number of rotatable bonds is 7. The number of hydrazone groups is 1. The van der Waals surface area contributed by atoms with Gasteiger partial charge in [0.2, 0.25) is 0 Å². The maximum Gasteiger partial charge on any atom is 0.329 e.